The lowest BCUT2D eigenvalue weighted by Gasteiger charge is -2.21. The van der Waals surface area contributed by atoms with Crippen LogP contribution in [0, 0.1) is 5.82 Å². The monoisotopic (exact) mass is 397 g/mol. The van der Waals surface area contributed by atoms with Gasteiger partial charge in [0, 0.05) is 23.7 Å². The fraction of sp³-hybridized carbons (Fsp3) is 0.250. The van der Waals surface area contributed by atoms with Gasteiger partial charge in [-0.15, -0.1) is 0 Å². The van der Waals surface area contributed by atoms with E-state index in [1.165, 1.54) is 6.07 Å². The highest BCUT2D eigenvalue weighted by molar-refractivity contribution is 6.32. The van der Waals surface area contributed by atoms with E-state index in [0.29, 0.717) is 22.6 Å². The summed E-state index contributed by atoms with van der Waals surface area (Å²) in [7, 11) is 0. The standard InChI is InChI=1S/C20H16ClF4NO/c21-17-8-6-13-9-11-26(19(27)20(23,24)25)12-10-15(13)16(17)7-5-14-3-1-2-4-18(14)22/h1-8H,9-12H2/b7-5+. The molecule has 2 aromatic carbocycles. The lowest BCUT2D eigenvalue weighted by atomic mass is 9.96. The van der Waals surface area contributed by atoms with Gasteiger partial charge < -0.3 is 4.90 Å². The van der Waals surface area contributed by atoms with Crippen molar-refractivity contribution < 1.29 is 22.4 Å². The van der Waals surface area contributed by atoms with Crippen LogP contribution in [0.1, 0.15) is 22.3 Å². The van der Waals surface area contributed by atoms with Crippen LogP contribution in [-0.2, 0) is 17.6 Å². The van der Waals surface area contributed by atoms with Crippen molar-refractivity contribution in [2.45, 2.75) is 19.0 Å². The Morgan fingerprint density at radius 2 is 1.74 bits per heavy atom. The molecule has 2 nitrogen and oxygen atoms in total. The highest BCUT2D eigenvalue weighted by Gasteiger charge is 2.42. The molecule has 0 fully saturated rings. The molecule has 1 aliphatic rings. The van der Waals surface area contributed by atoms with E-state index in [4.69, 9.17) is 11.6 Å². The zero-order chi connectivity index (χ0) is 19.6. The molecular formula is C20H16ClF4NO. The number of amides is 1. The summed E-state index contributed by atoms with van der Waals surface area (Å²) < 4.78 is 52.0. The topological polar surface area (TPSA) is 20.3 Å². The number of hydrogen-bond donors (Lipinski definition) is 0. The third-order valence-corrected chi connectivity index (χ3v) is 4.88. The van der Waals surface area contributed by atoms with Gasteiger partial charge in [0.25, 0.3) is 0 Å². The third kappa shape index (κ3) is 4.33. The number of carbonyl (C=O) groups excluding carboxylic acids is 1. The number of halogens is 5. The van der Waals surface area contributed by atoms with Crippen LogP contribution in [-0.4, -0.2) is 30.1 Å². The van der Waals surface area contributed by atoms with E-state index in [0.717, 1.165) is 16.0 Å². The molecule has 0 saturated heterocycles. The number of benzene rings is 2. The molecule has 0 N–H and O–H groups in total. The molecule has 0 bridgehead atoms. The Morgan fingerprint density at radius 1 is 1.04 bits per heavy atom. The maximum atomic E-state index is 13.8. The van der Waals surface area contributed by atoms with Gasteiger partial charge in [-0.2, -0.15) is 13.2 Å². The minimum absolute atomic E-state index is 0.0105. The summed E-state index contributed by atoms with van der Waals surface area (Å²) >= 11 is 6.29. The van der Waals surface area contributed by atoms with Crippen LogP contribution in [0.5, 0.6) is 0 Å². The molecule has 0 atom stereocenters. The van der Waals surface area contributed by atoms with Crippen molar-refractivity contribution >= 4 is 29.7 Å². The van der Waals surface area contributed by atoms with Crippen LogP contribution in [0.4, 0.5) is 17.6 Å². The molecule has 0 unspecified atom stereocenters. The lowest BCUT2D eigenvalue weighted by Crippen LogP contribution is -2.42. The zero-order valence-electron chi connectivity index (χ0n) is 14.2. The number of carbonyl (C=O) groups is 1. The molecule has 1 aliphatic heterocycles. The average Bonchev–Trinajstić information content (AvgIpc) is 2.83. The van der Waals surface area contributed by atoms with Crippen molar-refractivity contribution in [3.8, 4) is 0 Å². The van der Waals surface area contributed by atoms with Gasteiger partial charge in [0.15, 0.2) is 0 Å². The van der Waals surface area contributed by atoms with Crippen LogP contribution >= 0.6 is 11.6 Å². The summed E-state index contributed by atoms with van der Waals surface area (Å²) in [5.41, 5.74) is 2.64. The average molecular weight is 398 g/mol. The van der Waals surface area contributed by atoms with E-state index in [-0.39, 0.29) is 25.3 Å². The maximum absolute atomic E-state index is 13.8. The maximum Gasteiger partial charge on any atom is 0.471 e. The van der Waals surface area contributed by atoms with Crippen LogP contribution in [0.15, 0.2) is 36.4 Å². The highest BCUT2D eigenvalue weighted by atomic mass is 35.5. The Balaban J connectivity index is 1.90. The predicted molar refractivity (Wildman–Crippen MR) is 96.8 cm³/mol. The van der Waals surface area contributed by atoms with Crippen LogP contribution < -0.4 is 0 Å². The summed E-state index contributed by atoms with van der Waals surface area (Å²) in [5.74, 6) is -2.21. The molecule has 27 heavy (non-hydrogen) atoms. The first-order valence-corrected chi connectivity index (χ1v) is 8.74. The minimum Gasteiger partial charge on any atom is -0.334 e. The van der Waals surface area contributed by atoms with E-state index in [1.54, 1.807) is 42.5 Å². The fourth-order valence-corrected chi connectivity index (χ4v) is 3.41. The molecule has 1 amide bonds. The van der Waals surface area contributed by atoms with E-state index >= 15 is 0 Å². The van der Waals surface area contributed by atoms with Gasteiger partial charge in [-0.3, -0.25) is 4.79 Å². The third-order valence-electron chi connectivity index (χ3n) is 4.55. The zero-order valence-corrected chi connectivity index (χ0v) is 14.9. The number of alkyl halides is 3. The molecule has 1 heterocycles. The second-order valence-corrected chi connectivity index (χ2v) is 6.65. The largest absolute Gasteiger partial charge is 0.471 e. The molecule has 3 rings (SSSR count). The number of hydrogen-bond acceptors (Lipinski definition) is 1. The van der Waals surface area contributed by atoms with Crippen LogP contribution in [0.2, 0.25) is 5.02 Å². The molecule has 0 aromatic heterocycles. The Bertz CT molecular complexity index is 892. The molecule has 0 aliphatic carbocycles. The number of fused-ring (bicyclic) bond motifs is 1. The molecule has 7 heteroatoms. The SMILES string of the molecule is O=C(N1CCc2ccc(Cl)c(/C=C/c3ccccc3F)c2CC1)C(F)(F)F. The first-order chi connectivity index (χ1) is 12.8. The smallest absolute Gasteiger partial charge is 0.334 e. The Labute approximate surface area is 159 Å². The van der Waals surface area contributed by atoms with Crippen LogP contribution in [0.3, 0.4) is 0 Å². The molecular weight excluding hydrogens is 382 g/mol. The Kier molecular flexibility index (Phi) is 5.56. The molecule has 0 spiro atoms. The molecule has 0 radical (unpaired) electrons. The first kappa shape index (κ1) is 19.4. The van der Waals surface area contributed by atoms with Gasteiger partial charge in [0.2, 0.25) is 0 Å². The van der Waals surface area contributed by atoms with Gasteiger partial charge in [-0.1, -0.05) is 48.0 Å². The van der Waals surface area contributed by atoms with Gasteiger partial charge >= 0.3 is 12.1 Å². The Hall–Kier alpha value is -2.34. The second-order valence-electron chi connectivity index (χ2n) is 6.24. The summed E-state index contributed by atoms with van der Waals surface area (Å²) in [4.78, 5) is 12.4. The molecule has 0 saturated carbocycles. The van der Waals surface area contributed by atoms with E-state index < -0.39 is 12.1 Å². The van der Waals surface area contributed by atoms with Gasteiger partial charge in [-0.25, -0.2) is 4.39 Å². The fourth-order valence-electron chi connectivity index (χ4n) is 3.17. The van der Waals surface area contributed by atoms with Gasteiger partial charge in [0.1, 0.15) is 5.82 Å². The summed E-state index contributed by atoms with van der Waals surface area (Å²) in [6, 6.07) is 9.68. The highest BCUT2D eigenvalue weighted by Crippen LogP contribution is 2.30. The van der Waals surface area contributed by atoms with Crippen molar-refractivity contribution in [3.05, 3.63) is 69.5 Å². The van der Waals surface area contributed by atoms with Crippen molar-refractivity contribution in [1.29, 1.82) is 0 Å². The van der Waals surface area contributed by atoms with E-state index in [1.807, 2.05) is 0 Å². The van der Waals surface area contributed by atoms with E-state index in [2.05, 4.69) is 0 Å². The normalized spacial score (nSPS) is 14.9. The predicted octanol–water partition coefficient (Wildman–Crippen LogP) is 5.14. The van der Waals surface area contributed by atoms with Gasteiger partial charge in [-0.05, 0) is 41.7 Å². The molecule has 2 aromatic rings. The first-order valence-electron chi connectivity index (χ1n) is 8.36. The molecule has 142 valence electrons. The Morgan fingerprint density at radius 3 is 2.44 bits per heavy atom. The van der Waals surface area contributed by atoms with Crippen molar-refractivity contribution in [2.75, 3.05) is 13.1 Å². The lowest BCUT2D eigenvalue weighted by molar-refractivity contribution is -0.185. The van der Waals surface area contributed by atoms with Crippen LogP contribution in [0.25, 0.3) is 12.2 Å². The summed E-state index contributed by atoms with van der Waals surface area (Å²) in [5, 5.41) is 0.428. The summed E-state index contributed by atoms with van der Waals surface area (Å²) in [6.45, 7) is -0.0599. The van der Waals surface area contributed by atoms with Crippen molar-refractivity contribution in [1.82, 2.24) is 4.90 Å². The second kappa shape index (κ2) is 7.72. The quantitative estimate of drug-likeness (QED) is 0.507. The number of rotatable bonds is 2. The van der Waals surface area contributed by atoms with E-state index in [9.17, 15) is 22.4 Å². The van der Waals surface area contributed by atoms with Gasteiger partial charge in [0.05, 0.1) is 0 Å². The van der Waals surface area contributed by atoms with Crippen molar-refractivity contribution in [3.63, 3.8) is 0 Å². The number of nitrogens with zero attached hydrogens (tertiary/aromatic N) is 1. The summed E-state index contributed by atoms with van der Waals surface area (Å²) in [6.07, 6.45) is -1.09. The minimum atomic E-state index is -4.89. The van der Waals surface area contributed by atoms with Crippen molar-refractivity contribution in [2.24, 2.45) is 0 Å².